The fraction of sp³-hybridized carbons (Fsp3) is 0.429. The maximum atomic E-state index is 13.1. The molecule has 0 bridgehead atoms. The molecular weight excluding hydrogens is 341 g/mol. The molecule has 6 heteroatoms. The molecule has 2 aromatic rings. The summed E-state index contributed by atoms with van der Waals surface area (Å²) in [6.07, 6.45) is 5.68. The molecule has 0 aliphatic carbocycles. The van der Waals surface area contributed by atoms with Crippen molar-refractivity contribution < 1.29 is 4.39 Å². The lowest BCUT2D eigenvalue weighted by molar-refractivity contribution is 0.476. The van der Waals surface area contributed by atoms with Crippen LogP contribution in [0.25, 0.3) is 0 Å². The summed E-state index contributed by atoms with van der Waals surface area (Å²) in [7, 11) is 3.75. The van der Waals surface area contributed by atoms with Crippen LogP contribution in [0.1, 0.15) is 30.4 Å². The van der Waals surface area contributed by atoms with Crippen LogP contribution in [0.2, 0.25) is 0 Å². The third-order valence-electron chi connectivity index (χ3n) is 4.85. The Morgan fingerprint density at radius 3 is 2.59 bits per heavy atom. The van der Waals surface area contributed by atoms with Crippen LogP contribution >= 0.6 is 0 Å². The van der Waals surface area contributed by atoms with Gasteiger partial charge in [-0.15, -0.1) is 0 Å². The summed E-state index contributed by atoms with van der Waals surface area (Å²) in [5.74, 6) is 1.64. The standard InChI is InChI=1S/C21H28FN5/c1-23-21(26(2)16-17-6-8-19(22)9-7-17)25-15-18-10-11-24-20(14-18)27-12-4-3-5-13-27/h6-11,14H,3-5,12-13,15-16H2,1-2H3,(H,23,25). The smallest absolute Gasteiger partial charge is 0.193 e. The number of aromatic nitrogens is 1. The third kappa shape index (κ3) is 5.42. The molecule has 0 atom stereocenters. The number of aliphatic imine (C=N–C) groups is 1. The lowest BCUT2D eigenvalue weighted by Crippen LogP contribution is -2.38. The maximum absolute atomic E-state index is 13.1. The molecule has 0 amide bonds. The summed E-state index contributed by atoms with van der Waals surface area (Å²) in [6.45, 7) is 3.52. The zero-order valence-corrected chi connectivity index (χ0v) is 16.2. The topological polar surface area (TPSA) is 43.8 Å². The quantitative estimate of drug-likeness (QED) is 0.648. The first kappa shape index (κ1) is 19.1. The van der Waals surface area contributed by atoms with Crippen molar-refractivity contribution in [3.05, 3.63) is 59.5 Å². The Bertz CT molecular complexity index is 753. The van der Waals surface area contributed by atoms with Gasteiger partial charge in [0.2, 0.25) is 0 Å². The number of guanidine groups is 1. The van der Waals surface area contributed by atoms with Crippen LogP contribution in [0.15, 0.2) is 47.6 Å². The second-order valence-corrected chi connectivity index (χ2v) is 6.95. The Morgan fingerprint density at radius 2 is 1.89 bits per heavy atom. The second-order valence-electron chi connectivity index (χ2n) is 6.95. The van der Waals surface area contributed by atoms with E-state index in [0.29, 0.717) is 13.1 Å². The van der Waals surface area contributed by atoms with Crippen molar-refractivity contribution in [1.29, 1.82) is 0 Å². The van der Waals surface area contributed by atoms with Crippen LogP contribution in [0.5, 0.6) is 0 Å². The van der Waals surface area contributed by atoms with Crippen molar-refractivity contribution in [2.75, 3.05) is 32.1 Å². The van der Waals surface area contributed by atoms with E-state index in [4.69, 9.17) is 0 Å². The highest BCUT2D eigenvalue weighted by Gasteiger charge is 2.13. The predicted octanol–water partition coefficient (Wildman–Crippen LogP) is 3.42. The Morgan fingerprint density at radius 1 is 1.15 bits per heavy atom. The number of hydrogen-bond donors (Lipinski definition) is 1. The molecule has 0 radical (unpaired) electrons. The van der Waals surface area contributed by atoms with Crippen LogP contribution in [-0.4, -0.2) is 43.0 Å². The highest BCUT2D eigenvalue weighted by molar-refractivity contribution is 5.79. The highest BCUT2D eigenvalue weighted by atomic mass is 19.1. The number of piperidine rings is 1. The van der Waals surface area contributed by atoms with E-state index >= 15 is 0 Å². The fourth-order valence-corrected chi connectivity index (χ4v) is 3.37. The molecule has 0 unspecified atom stereocenters. The molecule has 1 aromatic heterocycles. The van der Waals surface area contributed by atoms with E-state index in [2.05, 4.69) is 26.3 Å². The van der Waals surface area contributed by atoms with E-state index in [9.17, 15) is 4.39 Å². The van der Waals surface area contributed by atoms with Gasteiger partial charge in [0.25, 0.3) is 0 Å². The van der Waals surface area contributed by atoms with Gasteiger partial charge in [-0.3, -0.25) is 4.99 Å². The number of nitrogens with one attached hydrogen (secondary N) is 1. The van der Waals surface area contributed by atoms with Gasteiger partial charge in [0, 0.05) is 46.5 Å². The largest absolute Gasteiger partial charge is 0.357 e. The van der Waals surface area contributed by atoms with E-state index in [1.54, 1.807) is 19.2 Å². The van der Waals surface area contributed by atoms with Crippen molar-refractivity contribution >= 4 is 11.8 Å². The van der Waals surface area contributed by atoms with Gasteiger partial charge < -0.3 is 15.1 Å². The lowest BCUT2D eigenvalue weighted by Gasteiger charge is -2.28. The number of hydrogen-bond acceptors (Lipinski definition) is 3. The molecule has 2 heterocycles. The number of pyridine rings is 1. The first-order chi connectivity index (χ1) is 13.2. The van der Waals surface area contributed by atoms with E-state index in [1.807, 2.05) is 24.2 Å². The molecule has 5 nitrogen and oxygen atoms in total. The van der Waals surface area contributed by atoms with Gasteiger partial charge in [-0.05, 0) is 54.7 Å². The van der Waals surface area contributed by atoms with Crippen LogP contribution in [0.4, 0.5) is 10.2 Å². The van der Waals surface area contributed by atoms with E-state index < -0.39 is 0 Å². The molecule has 144 valence electrons. The summed E-state index contributed by atoms with van der Waals surface area (Å²) in [5, 5.41) is 3.40. The van der Waals surface area contributed by atoms with Gasteiger partial charge >= 0.3 is 0 Å². The molecule has 1 saturated heterocycles. The number of halogens is 1. The minimum atomic E-state index is -0.217. The van der Waals surface area contributed by atoms with Crippen LogP contribution in [-0.2, 0) is 13.1 Å². The Balaban J connectivity index is 1.58. The molecule has 1 N–H and O–H groups in total. The highest BCUT2D eigenvalue weighted by Crippen LogP contribution is 2.18. The van der Waals surface area contributed by atoms with Gasteiger partial charge in [-0.25, -0.2) is 9.37 Å². The number of nitrogens with zero attached hydrogens (tertiary/aromatic N) is 4. The van der Waals surface area contributed by atoms with Crippen LogP contribution < -0.4 is 10.2 Å². The first-order valence-electron chi connectivity index (χ1n) is 9.52. The van der Waals surface area contributed by atoms with Gasteiger partial charge in [0.1, 0.15) is 11.6 Å². The Hall–Kier alpha value is -2.63. The molecule has 1 aromatic carbocycles. The molecule has 1 aliphatic rings. The van der Waals surface area contributed by atoms with E-state index in [-0.39, 0.29) is 5.82 Å². The van der Waals surface area contributed by atoms with Gasteiger partial charge in [-0.1, -0.05) is 12.1 Å². The van der Waals surface area contributed by atoms with Crippen LogP contribution in [0, 0.1) is 5.82 Å². The van der Waals surface area contributed by atoms with Crippen molar-refractivity contribution in [3.63, 3.8) is 0 Å². The normalized spacial score (nSPS) is 14.9. The van der Waals surface area contributed by atoms with Crippen LogP contribution in [0.3, 0.4) is 0 Å². The summed E-state index contributed by atoms with van der Waals surface area (Å²) in [4.78, 5) is 13.3. The molecule has 27 heavy (non-hydrogen) atoms. The molecule has 3 rings (SSSR count). The zero-order valence-electron chi connectivity index (χ0n) is 16.2. The minimum absolute atomic E-state index is 0.217. The number of anilines is 1. The van der Waals surface area contributed by atoms with Gasteiger partial charge in [0.05, 0.1) is 0 Å². The maximum Gasteiger partial charge on any atom is 0.193 e. The molecule has 0 spiro atoms. The zero-order chi connectivity index (χ0) is 19.1. The first-order valence-corrected chi connectivity index (χ1v) is 9.52. The SMILES string of the molecule is CN=C(NCc1ccnc(N2CCCCC2)c1)N(C)Cc1ccc(F)cc1. The average molecular weight is 369 g/mol. The van der Waals surface area contributed by atoms with Crippen molar-refractivity contribution in [2.24, 2.45) is 4.99 Å². The summed E-state index contributed by atoms with van der Waals surface area (Å²) in [5.41, 5.74) is 2.22. The van der Waals surface area contributed by atoms with E-state index in [1.165, 1.54) is 37.0 Å². The van der Waals surface area contributed by atoms with Crippen molar-refractivity contribution in [2.45, 2.75) is 32.4 Å². The number of rotatable bonds is 5. The van der Waals surface area contributed by atoms with Gasteiger partial charge in [-0.2, -0.15) is 0 Å². The predicted molar refractivity (Wildman–Crippen MR) is 108 cm³/mol. The summed E-state index contributed by atoms with van der Waals surface area (Å²) in [6, 6.07) is 10.8. The number of benzene rings is 1. The Labute approximate surface area is 160 Å². The molecular formula is C21H28FN5. The minimum Gasteiger partial charge on any atom is -0.357 e. The third-order valence-corrected chi connectivity index (χ3v) is 4.85. The monoisotopic (exact) mass is 369 g/mol. The molecule has 1 fully saturated rings. The second kappa shape index (κ2) is 9.35. The average Bonchev–Trinajstić information content (AvgIpc) is 2.71. The molecule has 0 saturated carbocycles. The molecule has 1 aliphatic heterocycles. The summed E-state index contributed by atoms with van der Waals surface area (Å²) < 4.78 is 13.1. The lowest BCUT2D eigenvalue weighted by atomic mass is 10.1. The Kier molecular flexibility index (Phi) is 6.63. The van der Waals surface area contributed by atoms with Crippen molar-refractivity contribution in [3.8, 4) is 0 Å². The summed E-state index contributed by atoms with van der Waals surface area (Å²) >= 11 is 0. The van der Waals surface area contributed by atoms with Gasteiger partial charge in [0.15, 0.2) is 5.96 Å². The van der Waals surface area contributed by atoms with E-state index in [0.717, 1.165) is 30.4 Å². The van der Waals surface area contributed by atoms with Crippen molar-refractivity contribution in [1.82, 2.24) is 15.2 Å². The fourth-order valence-electron chi connectivity index (χ4n) is 3.37.